The second kappa shape index (κ2) is 5.61. The van der Waals surface area contributed by atoms with Gasteiger partial charge in [-0.25, -0.2) is 4.98 Å². The molecular weight excluding hydrogens is 324 g/mol. The van der Waals surface area contributed by atoms with Crippen LogP contribution < -0.4 is 0 Å². The summed E-state index contributed by atoms with van der Waals surface area (Å²) in [5.74, 6) is 0. The smallest absolute Gasteiger partial charge is 0.138 e. The van der Waals surface area contributed by atoms with Gasteiger partial charge in [-0.05, 0) is 31.5 Å². The van der Waals surface area contributed by atoms with Crippen LogP contribution in [0.2, 0.25) is 4.34 Å². The first kappa shape index (κ1) is 13.6. The van der Waals surface area contributed by atoms with Crippen molar-refractivity contribution in [3.63, 3.8) is 0 Å². The molecule has 1 saturated heterocycles. The fraction of sp³-hybridized carbons (Fsp3) is 0.357. The predicted molar refractivity (Wildman–Crippen MR) is 86.9 cm³/mol. The summed E-state index contributed by atoms with van der Waals surface area (Å²) in [6, 6.07) is 8.70. The number of halogens is 1. The first-order valence-electron chi connectivity index (χ1n) is 6.87. The SMILES string of the molecule is Clc1snnc1CN1CCC[C@H]1c1nc2ccccc2s1. The van der Waals surface area contributed by atoms with E-state index in [2.05, 4.69) is 32.7 Å². The Kier molecular flexibility index (Phi) is 3.62. The summed E-state index contributed by atoms with van der Waals surface area (Å²) in [5, 5.41) is 5.33. The zero-order chi connectivity index (χ0) is 14.2. The van der Waals surface area contributed by atoms with Crippen molar-refractivity contribution < 1.29 is 0 Å². The minimum atomic E-state index is 0.375. The number of hydrogen-bond acceptors (Lipinski definition) is 6. The van der Waals surface area contributed by atoms with E-state index in [4.69, 9.17) is 16.6 Å². The molecule has 0 aliphatic carbocycles. The lowest BCUT2D eigenvalue weighted by atomic mass is 10.2. The third-order valence-electron chi connectivity index (χ3n) is 3.82. The molecule has 1 atom stereocenters. The molecule has 1 aliphatic rings. The maximum Gasteiger partial charge on any atom is 0.138 e. The summed E-state index contributed by atoms with van der Waals surface area (Å²) in [7, 11) is 0. The van der Waals surface area contributed by atoms with Crippen LogP contribution in [-0.2, 0) is 6.54 Å². The third-order valence-corrected chi connectivity index (χ3v) is 5.94. The largest absolute Gasteiger partial charge is 0.288 e. The molecule has 108 valence electrons. The molecule has 4 rings (SSSR count). The van der Waals surface area contributed by atoms with Crippen molar-refractivity contribution in [2.45, 2.75) is 25.4 Å². The molecule has 7 heteroatoms. The Hall–Kier alpha value is -1.08. The quantitative estimate of drug-likeness (QED) is 0.721. The standard InChI is InChI=1S/C14H13ClN4S2/c15-13-10(17-18-21-13)8-19-7-3-5-11(19)14-16-9-4-1-2-6-12(9)20-14/h1-2,4,6,11H,3,5,7-8H2/t11-/m0/s1. The highest BCUT2D eigenvalue weighted by molar-refractivity contribution is 7.18. The van der Waals surface area contributed by atoms with Gasteiger partial charge in [-0.3, -0.25) is 4.90 Å². The van der Waals surface area contributed by atoms with Gasteiger partial charge in [-0.15, -0.1) is 16.4 Å². The summed E-state index contributed by atoms with van der Waals surface area (Å²) in [6.07, 6.45) is 2.34. The average Bonchev–Trinajstić information content (AvgIpc) is 3.19. The molecule has 3 aromatic rings. The van der Waals surface area contributed by atoms with Crippen LogP contribution in [0.1, 0.15) is 29.6 Å². The molecule has 2 aromatic heterocycles. The highest BCUT2D eigenvalue weighted by Gasteiger charge is 2.29. The minimum Gasteiger partial charge on any atom is -0.288 e. The van der Waals surface area contributed by atoms with Crippen LogP contribution in [0.4, 0.5) is 0 Å². The number of hydrogen-bond donors (Lipinski definition) is 0. The molecule has 0 spiro atoms. The number of fused-ring (bicyclic) bond motifs is 1. The van der Waals surface area contributed by atoms with Crippen LogP contribution >= 0.6 is 34.5 Å². The topological polar surface area (TPSA) is 41.9 Å². The van der Waals surface area contributed by atoms with Gasteiger partial charge in [0.05, 0.1) is 16.3 Å². The Labute approximate surface area is 135 Å². The fourth-order valence-corrected chi connectivity index (χ4v) is 4.56. The van der Waals surface area contributed by atoms with Crippen molar-refractivity contribution >= 4 is 44.7 Å². The van der Waals surface area contributed by atoms with Crippen molar-refractivity contribution in [3.05, 3.63) is 39.3 Å². The van der Waals surface area contributed by atoms with E-state index >= 15 is 0 Å². The predicted octanol–water partition coefficient (Wildman–Crippen LogP) is 4.14. The molecular formula is C14H13ClN4S2. The molecule has 3 heterocycles. The van der Waals surface area contributed by atoms with Crippen molar-refractivity contribution in [2.24, 2.45) is 0 Å². The third kappa shape index (κ3) is 2.57. The Bertz CT molecular complexity index is 736. The monoisotopic (exact) mass is 336 g/mol. The van der Waals surface area contributed by atoms with Crippen molar-refractivity contribution in [1.29, 1.82) is 0 Å². The minimum absolute atomic E-state index is 0.375. The molecule has 1 fully saturated rings. The maximum atomic E-state index is 6.13. The maximum absolute atomic E-state index is 6.13. The Morgan fingerprint density at radius 2 is 2.24 bits per heavy atom. The molecule has 0 N–H and O–H groups in total. The van der Waals surface area contributed by atoms with Crippen molar-refractivity contribution in [3.8, 4) is 0 Å². The molecule has 0 saturated carbocycles. The van der Waals surface area contributed by atoms with E-state index in [1.54, 1.807) is 11.3 Å². The van der Waals surface area contributed by atoms with Gasteiger partial charge in [0.2, 0.25) is 0 Å². The second-order valence-corrected chi connectivity index (χ2v) is 7.56. The van der Waals surface area contributed by atoms with Crippen LogP contribution in [0, 0.1) is 0 Å². The van der Waals surface area contributed by atoms with Crippen LogP contribution in [0.3, 0.4) is 0 Å². The number of aromatic nitrogens is 3. The normalized spacial score (nSPS) is 19.6. The molecule has 1 aliphatic heterocycles. The van der Waals surface area contributed by atoms with Gasteiger partial charge >= 0.3 is 0 Å². The lowest BCUT2D eigenvalue weighted by Crippen LogP contribution is -2.23. The van der Waals surface area contributed by atoms with Gasteiger partial charge in [0.25, 0.3) is 0 Å². The second-order valence-electron chi connectivity index (χ2n) is 5.14. The van der Waals surface area contributed by atoms with Crippen LogP contribution in [0.25, 0.3) is 10.2 Å². The van der Waals surface area contributed by atoms with Crippen LogP contribution in [-0.4, -0.2) is 26.0 Å². The van der Waals surface area contributed by atoms with Gasteiger partial charge in [0, 0.05) is 18.1 Å². The Balaban J connectivity index is 1.62. The molecule has 0 bridgehead atoms. The number of likely N-dealkylation sites (tertiary alicyclic amines) is 1. The fourth-order valence-electron chi connectivity index (χ4n) is 2.81. The van der Waals surface area contributed by atoms with Gasteiger partial charge < -0.3 is 0 Å². The number of rotatable bonds is 3. The average molecular weight is 337 g/mol. The van der Waals surface area contributed by atoms with Gasteiger partial charge in [-0.1, -0.05) is 28.2 Å². The summed E-state index contributed by atoms with van der Waals surface area (Å²) in [6.45, 7) is 1.82. The first-order valence-corrected chi connectivity index (χ1v) is 8.84. The number of benzene rings is 1. The number of thiazole rings is 1. The van der Waals surface area contributed by atoms with E-state index in [0.717, 1.165) is 30.7 Å². The highest BCUT2D eigenvalue weighted by atomic mass is 35.5. The van der Waals surface area contributed by atoms with E-state index < -0.39 is 0 Å². The molecule has 1 aromatic carbocycles. The molecule has 4 nitrogen and oxygen atoms in total. The first-order chi connectivity index (χ1) is 10.3. The van der Waals surface area contributed by atoms with E-state index in [9.17, 15) is 0 Å². The summed E-state index contributed by atoms with van der Waals surface area (Å²) in [4.78, 5) is 7.22. The van der Waals surface area contributed by atoms with Crippen LogP contribution in [0.15, 0.2) is 24.3 Å². The van der Waals surface area contributed by atoms with Gasteiger partial charge in [-0.2, -0.15) is 0 Å². The lowest BCUT2D eigenvalue weighted by Gasteiger charge is -2.21. The van der Waals surface area contributed by atoms with E-state index in [1.807, 2.05) is 6.07 Å². The lowest BCUT2D eigenvalue weighted by molar-refractivity contribution is 0.245. The summed E-state index contributed by atoms with van der Waals surface area (Å²) >= 11 is 9.18. The molecule has 0 unspecified atom stereocenters. The molecule has 0 amide bonds. The Morgan fingerprint density at radius 1 is 1.33 bits per heavy atom. The van der Waals surface area contributed by atoms with Crippen molar-refractivity contribution in [2.75, 3.05) is 6.54 Å². The van der Waals surface area contributed by atoms with Crippen molar-refractivity contribution in [1.82, 2.24) is 19.5 Å². The van der Waals surface area contributed by atoms with E-state index in [0.29, 0.717) is 10.4 Å². The zero-order valence-electron chi connectivity index (χ0n) is 11.2. The summed E-state index contributed by atoms with van der Waals surface area (Å²) in [5.41, 5.74) is 1.98. The summed E-state index contributed by atoms with van der Waals surface area (Å²) < 4.78 is 5.87. The molecule has 21 heavy (non-hydrogen) atoms. The van der Waals surface area contributed by atoms with Crippen LogP contribution in [0.5, 0.6) is 0 Å². The van der Waals surface area contributed by atoms with Gasteiger partial charge in [0.1, 0.15) is 15.0 Å². The number of nitrogens with zero attached hydrogens (tertiary/aromatic N) is 4. The van der Waals surface area contributed by atoms with E-state index in [-0.39, 0.29) is 0 Å². The van der Waals surface area contributed by atoms with E-state index in [1.165, 1.54) is 27.7 Å². The zero-order valence-corrected chi connectivity index (χ0v) is 13.6. The molecule has 0 radical (unpaired) electrons. The highest BCUT2D eigenvalue weighted by Crippen LogP contribution is 2.37. The van der Waals surface area contributed by atoms with Gasteiger partial charge in [0.15, 0.2) is 0 Å². The Morgan fingerprint density at radius 3 is 3.05 bits per heavy atom. The number of para-hydroxylation sites is 1.